The van der Waals surface area contributed by atoms with Crippen molar-refractivity contribution in [2.45, 2.75) is 5.09 Å². The van der Waals surface area contributed by atoms with Crippen molar-refractivity contribution in [2.75, 3.05) is 19.3 Å². The molecule has 1 aromatic heterocycles. The van der Waals surface area contributed by atoms with Crippen LogP contribution in [0.1, 0.15) is 10.6 Å². The van der Waals surface area contributed by atoms with Gasteiger partial charge in [-0.25, -0.2) is 31.1 Å². The maximum Gasteiger partial charge on any atom is 0.371 e. The first-order chi connectivity index (χ1) is 8.62. The second kappa shape index (κ2) is 5.69. The Kier molecular flexibility index (Phi) is 4.68. The van der Waals surface area contributed by atoms with Crippen molar-refractivity contribution in [3.63, 3.8) is 0 Å². The molecule has 0 unspecified atom stereocenters. The largest absolute Gasteiger partial charge is 0.475 e. The van der Waals surface area contributed by atoms with E-state index >= 15 is 0 Å². The van der Waals surface area contributed by atoms with Gasteiger partial charge >= 0.3 is 5.97 Å². The number of furan rings is 1. The molecule has 0 saturated carbocycles. The van der Waals surface area contributed by atoms with Gasteiger partial charge in [0.2, 0.25) is 20.9 Å². The summed E-state index contributed by atoms with van der Waals surface area (Å²) in [7, 11) is -7.41. The number of rotatable bonds is 7. The van der Waals surface area contributed by atoms with Crippen LogP contribution < -0.4 is 9.44 Å². The van der Waals surface area contributed by atoms with Crippen molar-refractivity contribution in [1.29, 1.82) is 0 Å². The van der Waals surface area contributed by atoms with Crippen LogP contribution in [0.25, 0.3) is 0 Å². The van der Waals surface area contributed by atoms with Crippen molar-refractivity contribution in [3.8, 4) is 0 Å². The minimum absolute atomic E-state index is 0.134. The van der Waals surface area contributed by atoms with Crippen LogP contribution in [0.4, 0.5) is 0 Å². The van der Waals surface area contributed by atoms with E-state index in [2.05, 4.69) is 13.9 Å². The monoisotopic (exact) mass is 312 g/mol. The fourth-order valence-corrected chi connectivity index (χ4v) is 2.51. The highest BCUT2D eigenvalue weighted by atomic mass is 32.2. The fourth-order valence-electron chi connectivity index (χ4n) is 1.07. The summed E-state index contributed by atoms with van der Waals surface area (Å²) in [5, 5.41) is 8.03. The van der Waals surface area contributed by atoms with Gasteiger partial charge in [-0.15, -0.1) is 0 Å². The van der Waals surface area contributed by atoms with Crippen LogP contribution in [0.3, 0.4) is 0 Å². The van der Waals surface area contributed by atoms with Gasteiger partial charge in [0.15, 0.2) is 0 Å². The van der Waals surface area contributed by atoms with Crippen molar-refractivity contribution < 1.29 is 31.2 Å². The summed E-state index contributed by atoms with van der Waals surface area (Å²) in [6.45, 7) is -0.330. The van der Waals surface area contributed by atoms with E-state index in [4.69, 9.17) is 5.11 Å². The Morgan fingerprint density at radius 3 is 2.26 bits per heavy atom. The first-order valence-corrected chi connectivity index (χ1v) is 8.27. The lowest BCUT2D eigenvalue weighted by Crippen LogP contribution is -2.34. The second-order valence-electron chi connectivity index (χ2n) is 3.49. The van der Waals surface area contributed by atoms with Crippen LogP contribution >= 0.6 is 0 Å². The van der Waals surface area contributed by atoms with E-state index in [1.165, 1.54) is 0 Å². The predicted molar refractivity (Wildman–Crippen MR) is 63.7 cm³/mol. The highest BCUT2D eigenvalue weighted by Gasteiger charge is 2.20. The van der Waals surface area contributed by atoms with Gasteiger partial charge in [0.25, 0.3) is 10.0 Å². The van der Waals surface area contributed by atoms with E-state index in [1.54, 1.807) is 0 Å². The van der Waals surface area contributed by atoms with Gasteiger partial charge in [0.1, 0.15) is 0 Å². The molecule has 1 aromatic rings. The van der Waals surface area contributed by atoms with Crippen molar-refractivity contribution in [2.24, 2.45) is 0 Å². The van der Waals surface area contributed by atoms with Crippen LogP contribution in [-0.4, -0.2) is 47.3 Å². The van der Waals surface area contributed by atoms with Crippen LogP contribution in [0.2, 0.25) is 0 Å². The molecule has 0 spiro atoms. The van der Waals surface area contributed by atoms with Gasteiger partial charge in [0, 0.05) is 13.1 Å². The molecule has 0 amide bonds. The number of aromatic carboxylic acids is 1. The van der Waals surface area contributed by atoms with Crippen molar-refractivity contribution in [3.05, 3.63) is 17.9 Å². The molecule has 0 atom stereocenters. The van der Waals surface area contributed by atoms with E-state index in [9.17, 15) is 21.6 Å². The van der Waals surface area contributed by atoms with E-state index in [1.807, 2.05) is 0 Å². The Labute approximate surface area is 109 Å². The lowest BCUT2D eigenvalue weighted by Gasteiger charge is -2.04. The standard InChI is InChI=1S/C8H12N2O7S2/c1-18(13,14)9-4-5-10-19(15,16)7-3-2-6(17-7)8(11)12/h2-3,9-10H,4-5H2,1H3,(H,11,12). The predicted octanol–water partition coefficient (Wildman–Crippen LogP) is -1.19. The molecule has 11 heteroatoms. The molecule has 0 fully saturated rings. The topological polar surface area (TPSA) is 143 Å². The van der Waals surface area contributed by atoms with Gasteiger partial charge in [-0.2, -0.15) is 0 Å². The molecule has 0 saturated heterocycles. The van der Waals surface area contributed by atoms with Crippen molar-refractivity contribution >= 4 is 26.0 Å². The van der Waals surface area contributed by atoms with Crippen LogP contribution in [-0.2, 0) is 20.0 Å². The summed E-state index contributed by atoms with van der Waals surface area (Å²) in [5.41, 5.74) is 0. The van der Waals surface area contributed by atoms with Crippen LogP contribution in [0, 0.1) is 0 Å². The number of carboxylic acid groups (broad SMARTS) is 1. The van der Waals surface area contributed by atoms with Crippen molar-refractivity contribution in [1.82, 2.24) is 9.44 Å². The zero-order valence-corrected chi connectivity index (χ0v) is 11.4. The van der Waals surface area contributed by atoms with E-state index in [0.29, 0.717) is 0 Å². The second-order valence-corrected chi connectivity index (χ2v) is 7.02. The average molecular weight is 312 g/mol. The number of nitrogens with one attached hydrogen (secondary N) is 2. The van der Waals surface area contributed by atoms with Gasteiger partial charge in [0.05, 0.1) is 6.26 Å². The molecule has 3 N–H and O–H groups in total. The third-order valence-electron chi connectivity index (χ3n) is 1.84. The maximum absolute atomic E-state index is 11.6. The summed E-state index contributed by atoms with van der Waals surface area (Å²) in [4.78, 5) is 10.5. The Balaban J connectivity index is 2.63. The Bertz CT molecular complexity index is 659. The number of hydrogen-bond acceptors (Lipinski definition) is 6. The van der Waals surface area contributed by atoms with Gasteiger partial charge in [-0.3, -0.25) is 0 Å². The summed E-state index contributed by atoms with van der Waals surface area (Å²) >= 11 is 0. The number of carboxylic acids is 1. The Morgan fingerprint density at radius 1 is 1.21 bits per heavy atom. The molecule has 0 aliphatic heterocycles. The van der Waals surface area contributed by atoms with Gasteiger partial charge in [-0.05, 0) is 12.1 Å². The maximum atomic E-state index is 11.6. The molecule has 0 aliphatic carbocycles. The number of sulfonamides is 2. The molecule has 9 nitrogen and oxygen atoms in total. The number of hydrogen-bond donors (Lipinski definition) is 3. The normalized spacial score (nSPS) is 12.5. The summed E-state index contributed by atoms with van der Waals surface area (Å²) < 4.78 is 53.5. The first-order valence-electron chi connectivity index (χ1n) is 4.89. The van der Waals surface area contributed by atoms with E-state index in [0.717, 1.165) is 18.4 Å². The third-order valence-corrected chi connectivity index (χ3v) is 3.90. The highest BCUT2D eigenvalue weighted by Crippen LogP contribution is 2.13. The highest BCUT2D eigenvalue weighted by molar-refractivity contribution is 7.89. The molecule has 1 heterocycles. The molecule has 19 heavy (non-hydrogen) atoms. The van der Waals surface area contributed by atoms with Crippen LogP contribution in [0.5, 0.6) is 0 Å². The Morgan fingerprint density at radius 2 is 1.79 bits per heavy atom. The average Bonchev–Trinajstić information content (AvgIpc) is 2.73. The zero-order chi connectivity index (χ0) is 14.7. The molecule has 0 radical (unpaired) electrons. The lowest BCUT2D eigenvalue weighted by molar-refractivity contribution is 0.0656. The molecule has 0 bridgehead atoms. The molecular weight excluding hydrogens is 300 g/mol. The lowest BCUT2D eigenvalue weighted by atomic mass is 10.5. The molecule has 108 valence electrons. The minimum Gasteiger partial charge on any atom is -0.475 e. The van der Waals surface area contributed by atoms with E-state index < -0.39 is 36.9 Å². The summed E-state index contributed by atoms with van der Waals surface area (Å²) in [5.74, 6) is -1.89. The number of carbonyl (C=O) groups is 1. The van der Waals surface area contributed by atoms with Crippen LogP contribution in [0.15, 0.2) is 21.6 Å². The minimum atomic E-state index is -4.01. The summed E-state index contributed by atoms with van der Waals surface area (Å²) in [6, 6.07) is 2.00. The smallest absolute Gasteiger partial charge is 0.371 e. The molecule has 0 aliphatic rings. The Hall–Kier alpha value is -1.43. The quantitative estimate of drug-likeness (QED) is 0.537. The molecular formula is C8H12N2O7S2. The molecule has 0 aromatic carbocycles. The third kappa shape index (κ3) is 4.98. The van der Waals surface area contributed by atoms with Gasteiger partial charge < -0.3 is 9.52 Å². The summed E-state index contributed by atoms with van der Waals surface area (Å²) in [6.07, 6.45) is 0.938. The molecule has 1 rings (SSSR count). The SMILES string of the molecule is CS(=O)(=O)NCCNS(=O)(=O)c1ccc(C(=O)O)o1. The fraction of sp³-hybridized carbons (Fsp3) is 0.375. The zero-order valence-electron chi connectivity index (χ0n) is 9.78. The first kappa shape index (κ1) is 15.6. The van der Waals surface area contributed by atoms with Gasteiger partial charge in [-0.1, -0.05) is 0 Å². The van der Waals surface area contributed by atoms with E-state index in [-0.39, 0.29) is 13.1 Å².